The molecule has 0 bridgehead atoms. The Hall–Kier alpha value is -1.96. The van der Waals surface area contributed by atoms with Crippen LogP contribution in [0.25, 0.3) is 0 Å². The quantitative estimate of drug-likeness (QED) is 0.693. The average molecular weight is 195 g/mol. The van der Waals surface area contributed by atoms with Crippen LogP contribution in [0.2, 0.25) is 0 Å². The molecule has 1 aliphatic heterocycles. The van der Waals surface area contributed by atoms with E-state index in [0.29, 0.717) is 0 Å². The Morgan fingerprint density at radius 1 is 1.07 bits per heavy atom. The van der Waals surface area contributed by atoms with Gasteiger partial charge in [-0.3, -0.25) is 0 Å². The molecule has 0 saturated carbocycles. The van der Waals surface area contributed by atoms with Crippen molar-refractivity contribution in [2.24, 2.45) is 0 Å². The molecule has 0 fully saturated rings. The molecule has 15 heavy (non-hydrogen) atoms. The number of anilines is 4. The molecule has 3 rings (SSSR count). The zero-order chi connectivity index (χ0) is 10.3. The van der Waals surface area contributed by atoms with Gasteiger partial charge in [0.25, 0.3) is 0 Å². The van der Waals surface area contributed by atoms with E-state index in [0.717, 1.165) is 11.4 Å². The fourth-order valence-corrected chi connectivity index (χ4v) is 1.96. The minimum Gasteiger partial charge on any atom is -0.352 e. The number of nitrogens with zero attached hydrogens (tertiary/aromatic N) is 1. The van der Waals surface area contributed by atoms with Gasteiger partial charge in [-0.2, -0.15) is 0 Å². The molecule has 0 aromatic heterocycles. The van der Waals surface area contributed by atoms with Gasteiger partial charge in [-0.1, -0.05) is 18.2 Å². The summed E-state index contributed by atoms with van der Waals surface area (Å²) < 4.78 is 0. The lowest BCUT2D eigenvalue weighted by Crippen LogP contribution is -2.17. The first kappa shape index (κ1) is 8.36. The molecule has 1 radical (unpaired) electrons. The zero-order valence-corrected chi connectivity index (χ0v) is 8.49. The van der Waals surface area contributed by atoms with Gasteiger partial charge in [0.1, 0.15) is 0 Å². The third-order valence-electron chi connectivity index (χ3n) is 2.74. The summed E-state index contributed by atoms with van der Waals surface area (Å²) in [6.45, 7) is 0. The zero-order valence-electron chi connectivity index (χ0n) is 8.49. The summed E-state index contributed by atoms with van der Waals surface area (Å²) in [6, 6.07) is 17.3. The minimum absolute atomic E-state index is 1.11. The largest absolute Gasteiger partial charge is 0.352 e. The SMILES string of the molecule is CN1c2cc[c]cc2Nc2ccccc21. The van der Waals surface area contributed by atoms with E-state index in [1.165, 1.54) is 11.4 Å². The Labute approximate surface area is 89.2 Å². The van der Waals surface area contributed by atoms with Gasteiger partial charge < -0.3 is 10.2 Å². The Balaban J connectivity index is 2.20. The van der Waals surface area contributed by atoms with E-state index >= 15 is 0 Å². The molecule has 0 atom stereocenters. The van der Waals surface area contributed by atoms with Crippen molar-refractivity contribution in [1.29, 1.82) is 0 Å². The highest BCUT2D eigenvalue weighted by atomic mass is 15.2. The van der Waals surface area contributed by atoms with E-state index in [-0.39, 0.29) is 0 Å². The third kappa shape index (κ3) is 1.18. The van der Waals surface area contributed by atoms with Gasteiger partial charge in [0.05, 0.1) is 22.7 Å². The monoisotopic (exact) mass is 195 g/mol. The van der Waals surface area contributed by atoms with Crippen LogP contribution in [0.5, 0.6) is 0 Å². The molecule has 0 spiro atoms. The van der Waals surface area contributed by atoms with Crippen molar-refractivity contribution in [3.05, 3.63) is 48.5 Å². The molecule has 2 aromatic rings. The average Bonchev–Trinajstić information content (AvgIpc) is 2.30. The first-order valence-electron chi connectivity index (χ1n) is 4.96. The van der Waals surface area contributed by atoms with Crippen LogP contribution >= 0.6 is 0 Å². The van der Waals surface area contributed by atoms with Crippen LogP contribution in [0, 0.1) is 6.07 Å². The highest BCUT2D eigenvalue weighted by molar-refractivity contribution is 5.91. The molecule has 0 aliphatic carbocycles. The molecule has 2 heteroatoms. The van der Waals surface area contributed by atoms with E-state index in [1.54, 1.807) is 0 Å². The smallest absolute Gasteiger partial charge is 0.0648 e. The predicted molar refractivity (Wildman–Crippen MR) is 63.1 cm³/mol. The summed E-state index contributed by atoms with van der Waals surface area (Å²) in [5, 5.41) is 3.40. The standard InChI is InChI=1S/C13H11N2/c1-15-12-8-4-2-6-10(12)14-11-7-3-5-9-13(11)15/h2,4-9,14H,1H3. The normalized spacial score (nSPS) is 12.7. The molecule has 73 valence electrons. The molecule has 1 heterocycles. The van der Waals surface area contributed by atoms with Crippen LogP contribution in [0.4, 0.5) is 22.7 Å². The van der Waals surface area contributed by atoms with Crippen molar-refractivity contribution in [1.82, 2.24) is 0 Å². The topological polar surface area (TPSA) is 15.3 Å². The Kier molecular flexibility index (Phi) is 1.68. The second-order valence-electron chi connectivity index (χ2n) is 3.64. The summed E-state index contributed by atoms with van der Waals surface area (Å²) >= 11 is 0. The van der Waals surface area contributed by atoms with Crippen molar-refractivity contribution in [3.63, 3.8) is 0 Å². The van der Waals surface area contributed by atoms with Crippen molar-refractivity contribution in [3.8, 4) is 0 Å². The van der Waals surface area contributed by atoms with Crippen LogP contribution in [-0.2, 0) is 0 Å². The Bertz CT molecular complexity index is 460. The first-order valence-corrected chi connectivity index (χ1v) is 4.96. The number of fused-ring (bicyclic) bond motifs is 2. The molecular weight excluding hydrogens is 184 g/mol. The lowest BCUT2D eigenvalue weighted by atomic mass is 10.1. The molecule has 2 aromatic carbocycles. The lowest BCUT2D eigenvalue weighted by Gasteiger charge is -2.30. The van der Waals surface area contributed by atoms with Crippen LogP contribution in [0.15, 0.2) is 42.5 Å². The lowest BCUT2D eigenvalue weighted by molar-refractivity contribution is 1.19. The maximum absolute atomic E-state index is 3.40. The van der Waals surface area contributed by atoms with E-state index in [1.807, 2.05) is 18.2 Å². The number of benzene rings is 2. The van der Waals surface area contributed by atoms with Gasteiger partial charge in [0.15, 0.2) is 0 Å². The summed E-state index contributed by atoms with van der Waals surface area (Å²) in [5.41, 5.74) is 4.65. The summed E-state index contributed by atoms with van der Waals surface area (Å²) in [7, 11) is 2.08. The number of nitrogens with one attached hydrogen (secondary N) is 1. The molecular formula is C13H11N2. The second kappa shape index (κ2) is 3.02. The molecule has 0 unspecified atom stereocenters. The fourth-order valence-electron chi connectivity index (χ4n) is 1.96. The third-order valence-corrected chi connectivity index (χ3v) is 2.74. The Morgan fingerprint density at radius 2 is 1.87 bits per heavy atom. The van der Waals surface area contributed by atoms with Gasteiger partial charge in [-0.05, 0) is 30.3 Å². The molecule has 0 saturated heterocycles. The number of para-hydroxylation sites is 2. The summed E-state index contributed by atoms with van der Waals surface area (Å²) in [6.07, 6.45) is 0. The molecule has 1 aliphatic rings. The van der Waals surface area contributed by atoms with Gasteiger partial charge >= 0.3 is 0 Å². The molecule has 1 N–H and O–H groups in total. The summed E-state index contributed by atoms with van der Waals surface area (Å²) in [5.74, 6) is 0. The van der Waals surface area contributed by atoms with E-state index in [2.05, 4.69) is 47.6 Å². The van der Waals surface area contributed by atoms with Crippen molar-refractivity contribution in [2.75, 3.05) is 17.3 Å². The molecule has 0 amide bonds. The van der Waals surface area contributed by atoms with Gasteiger partial charge in [-0.25, -0.2) is 0 Å². The molecule has 2 nitrogen and oxygen atoms in total. The van der Waals surface area contributed by atoms with Crippen molar-refractivity contribution < 1.29 is 0 Å². The highest BCUT2D eigenvalue weighted by Gasteiger charge is 2.17. The maximum Gasteiger partial charge on any atom is 0.0648 e. The fraction of sp³-hybridized carbons (Fsp3) is 0.0769. The minimum atomic E-state index is 1.11. The maximum atomic E-state index is 3.40. The van der Waals surface area contributed by atoms with Crippen molar-refractivity contribution >= 4 is 22.7 Å². The van der Waals surface area contributed by atoms with Crippen LogP contribution in [0.1, 0.15) is 0 Å². The van der Waals surface area contributed by atoms with Gasteiger partial charge in [-0.15, -0.1) is 0 Å². The van der Waals surface area contributed by atoms with E-state index in [9.17, 15) is 0 Å². The van der Waals surface area contributed by atoms with Crippen LogP contribution < -0.4 is 10.2 Å². The second-order valence-corrected chi connectivity index (χ2v) is 3.64. The van der Waals surface area contributed by atoms with E-state index in [4.69, 9.17) is 0 Å². The number of hydrogen-bond acceptors (Lipinski definition) is 2. The number of hydrogen-bond donors (Lipinski definition) is 1. The van der Waals surface area contributed by atoms with Crippen LogP contribution in [-0.4, -0.2) is 7.05 Å². The van der Waals surface area contributed by atoms with Crippen molar-refractivity contribution in [2.45, 2.75) is 0 Å². The summed E-state index contributed by atoms with van der Waals surface area (Å²) in [4.78, 5) is 2.19. The number of rotatable bonds is 0. The predicted octanol–water partition coefficient (Wildman–Crippen LogP) is 3.31. The Morgan fingerprint density at radius 3 is 2.80 bits per heavy atom. The van der Waals surface area contributed by atoms with Crippen LogP contribution in [0.3, 0.4) is 0 Å². The first-order chi connectivity index (χ1) is 7.36. The van der Waals surface area contributed by atoms with Gasteiger partial charge in [0, 0.05) is 7.05 Å². The highest BCUT2D eigenvalue weighted by Crippen LogP contribution is 2.41. The van der Waals surface area contributed by atoms with E-state index < -0.39 is 0 Å². The van der Waals surface area contributed by atoms with Gasteiger partial charge in [0.2, 0.25) is 0 Å².